The molecular formula is C13H12FN3. The molecular weight excluding hydrogens is 217 g/mol. The molecule has 0 aliphatic rings. The number of anilines is 1. The fraction of sp³-hybridized carbons (Fsp3) is 0.231. The second-order valence-electron chi connectivity index (χ2n) is 4.15. The van der Waals surface area contributed by atoms with Gasteiger partial charge in [0.1, 0.15) is 11.9 Å². The van der Waals surface area contributed by atoms with Crippen LogP contribution in [0.1, 0.15) is 11.1 Å². The van der Waals surface area contributed by atoms with Crippen LogP contribution in [0.2, 0.25) is 0 Å². The van der Waals surface area contributed by atoms with Crippen molar-refractivity contribution in [3.05, 3.63) is 35.3 Å². The molecule has 17 heavy (non-hydrogen) atoms. The van der Waals surface area contributed by atoms with Gasteiger partial charge in [0.15, 0.2) is 0 Å². The van der Waals surface area contributed by atoms with Gasteiger partial charge in [-0.2, -0.15) is 5.26 Å². The van der Waals surface area contributed by atoms with Gasteiger partial charge >= 0.3 is 0 Å². The summed E-state index contributed by atoms with van der Waals surface area (Å²) in [4.78, 5) is 6.03. The smallest absolute Gasteiger partial charge is 0.124 e. The molecule has 0 fully saturated rings. The average molecular weight is 229 g/mol. The van der Waals surface area contributed by atoms with Gasteiger partial charge in [0.2, 0.25) is 0 Å². The third-order valence-electron chi connectivity index (χ3n) is 2.67. The Hall–Kier alpha value is -2.15. The zero-order chi connectivity index (χ0) is 12.6. The minimum atomic E-state index is -0.310. The van der Waals surface area contributed by atoms with Gasteiger partial charge in [-0.1, -0.05) is 0 Å². The maximum atomic E-state index is 13.4. The van der Waals surface area contributed by atoms with Gasteiger partial charge in [0.05, 0.1) is 16.8 Å². The first-order valence-corrected chi connectivity index (χ1v) is 5.21. The fourth-order valence-corrected chi connectivity index (χ4v) is 1.99. The Kier molecular flexibility index (Phi) is 2.68. The van der Waals surface area contributed by atoms with Gasteiger partial charge in [-0.15, -0.1) is 0 Å². The molecule has 0 aliphatic carbocycles. The fourth-order valence-electron chi connectivity index (χ4n) is 1.99. The average Bonchev–Trinajstić information content (AvgIpc) is 2.26. The lowest BCUT2D eigenvalue weighted by Crippen LogP contribution is -2.11. The first kappa shape index (κ1) is 11.3. The lowest BCUT2D eigenvalue weighted by molar-refractivity contribution is 0.628. The molecule has 4 heteroatoms. The molecule has 3 nitrogen and oxygen atoms in total. The quantitative estimate of drug-likeness (QED) is 0.754. The van der Waals surface area contributed by atoms with E-state index in [0.717, 1.165) is 11.1 Å². The van der Waals surface area contributed by atoms with Gasteiger partial charge in [-0.3, -0.25) is 4.98 Å². The molecule has 0 spiro atoms. The first-order valence-electron chi connectivity index (χ1n) is 5.21. The molecule has 0 unspecified atom stereocenters. The predicted octanol–water partition coefficient (Wildman–Crippen LogP) is 2.62. The molecule has 0 aliphatic heterocycles. The minimum Gasteiger partial charge on any atom is -0.376 e. The summed E-state index contributed by atoms with van der Waals surface area (Å²) in [6, 6.07) is 4.95. The topological polar surface area (TPSA) is 39.9 Å². The lowest BCUT2D eigenvalue weighted by Gasteiger charge is -2.17. The van der Waals surface area contributed by atoms with Gasteiger partial charge in [-0.25, -0.2) is 4.39 Å². The highest BCUT2D eigenvalue weighted by Crippen LogP contribution is 2.30. The van der Waals surface area contributed by atoms with E-state index in [4.69, 9.17) is 5.26 Å². The van der Waals surface area contributed by atoms with Crippen LogP contribution in [0.15, 0.2) is 18.3 Å². The van der Waals surface area contributed by atoms with E-state index in [9.17, 15) is 4.39 Å². The highest BCUT2D eigenvalue weighted by Gasteiger charge is 2.13. The molecule has 0 saturated carbocycles. The van der Waals surface area contributed by atoms with E-state index in [1.54, 1.807) is 4.90 Å². The summed E-state index contributed by atoms with van der Waals surface area (Å²) in [5.74, 6) is -0.310. The van der Waals surface area contributed by atoms with E-state index >= 15 is 0 Å². The zero-order valence-electron chi connectivity index (χ0n) is 9.95. The van der Waals surface area contributed by atoms with Gasteiger partial charge in [0.25, 0.3) is 0 Å². The maximum absolute atomic E-state index is 13.4. The van der Waals surface area contributed by atoms with E-state index in [-0.39, 0.29) is 5.82 Å². The number of aryl methyl sites for hydroxylation is 1. The van der Waals surface area contributed by atoms with Crippen molar-refractivity contribution >= 4 is 16.6 Å². The van der Waals surface area contributed by atoms with E-state index < -0.39 is 0 Å². The number of pyridine rings is 1. The van der Waals surface area contributed by atoms with Crippen LogP contribution < -0.4 is 4.90 Å². The summed E-state index contributed by atoms with van der Waals surface area (Å²) >= 11 is 0. The molecule has 2 rings (SSSR count). The van der Waals surface area contributed by atoms with Crippen LogP contribution >= 0.6 is 0 Å². The van der Waals surface area contributed by atoms with Crippen LogP contribution in [0.5, 0.6) is 0 Å². The Morgan fingerprint density at radius 1 is 1.35 bits per heavy atom. The number of nitriles is 1. The summed E-state index contributed by atoms with van der Waals surface area (Å²) in [5.41, 5.74) is 2.66. The number of nitrogens with zero attached hydrogens (tertiary/aromatic N) is 3. The van der Waals surface area contributed by atoms with Crippen molar-refractivity contribution < 1.29 is 4.39 Å². The summed E-state index contributed by atoms with van der Waals surface area (Å²) in [5, 5.41) is 9.73. The zero-order valence-corrected chi connectivity index (χ0v) is 9.95. The highest BCUT2D eigenvalue weighted by molar-refractivity contribution is 5.95. The lowest BCUT2D eigenvalue weighted by atomic mass is 10.1. The third-order valence-corrected chi connectivity index (χ3v) is 2.67. The van der Waals surface area contributed by atoms with E-state index in [1.807, 2.05) is 21.0 Å². The molecule has 1 aromatic heterocycles. The third kappa shape index (κ3) is 1.80. The molecule has 0 N–H and O–H groups in total. The standard InChI is InChI=1S/C13H12FN3/c1-8-4-10(14)5-11-12(8)16-7-9(6-15)13(11)17(2)3/h4-5,7H,1-3H3. The molecule has 1 aromatic carbocycles. The van der Waals surface area contributed by atoms with Crippen LogP contribution in [0.3, 0.4) is 0 Å². The van der Waals surface area contributed by atoms with Crippen LogP contribution in [0, 0.1) is 24.1 Å². The molecule has 1 heterocycles. The van der Waals surface area contributed by atoms with Gasteiger partial charge in [0, 0.05) is 25.7 Å². The Bertz CT molecular complexity index is 627. The van der Waals surface area contributed by atoms with Crippen molar-refractivity contribution in [3.63, 3.8) is 0 Å². The maximum Gasteiger partial charge on any atom is 0.124 e. The predicted molar refractivity (Wildman–Crippen MR) is 65.5 cm³/mol. The normalized spacial score (nSPS) is 10.3. The number of halogens is 1. The number of fused-ring (bicyclic) bond motifs is 1. The SMILES string of the molecule is Cc1cc(F)cc2c(N(C)C)c(C#N)cnc12. The Balaban J connectivity index is 2.95. The summed E-state index contributed by atoms with van der Waals surface area (Å²) in [7, 11) is 3.66. The van der Waals surface area contributed by atoms with Gasteiger partial charge in [-0.05, 0) is 24.6 Å². The van der Waals surface area contributed by atoms with Crippen molar-refractivity contribution in [3.8, 4) is 6.07 Å². The number of rotatable bonds is 1. The van der Waals surface area contributed by atoms with Crippen LogP contribution in [-0.2, 0) is 0 Å². The number of hydrogen-bond acceptors (Lipinski definition) is 3. The summed E-state index contributed by atoms with van der Waals surface area (Å²) < 4.78 is 13.4. The Morgan fingerprint density at radius 3 is 2.65 bits per heavy atom. The monoisotopic (exact) mass is 229 g/mol. The summed E-state index contributed by atoms with van der Waals surface area (Å²) in [6.45, 7) is 1.81. The van der Waals surface area contributed by atoms with Gasteiger partial charge < -0.3 is 4.90 Å². The molecule has 0 bridgehead atoms. The summed E-state index contributed by atoms with van der Waals surface area (Å²) in [6.07, 6.45) is 1.53. The van der Waals surface area contributed by atoms with Crippen LogP contribution in [0.25, 0.3) is 10.9 Å². The van der Waals surface area contributed by atoms with Crippen molar-refractivity contribution in [2.24, 2.45) is 0 Å². The first-order chi connectivity index (χ1) is 8.04. The van der Waals surface area contributed by atoms with E-state index in [2.05, 4.69) is 11.1 Å². The van der Waals surface area contributed by atoms with E-state index in [0.29, 0.717) is 16.6 Å². The molecule has 0 saturated heterocycles. The molecule has 0 amide bonds. The van der Waals surface area contributed by atoms with Crippen molar-refractivity contribution in [2.75, 3.05) is 19.0 Å². The minimum absolute atomic E-state index is 0.310. The van der Waals surface area contributed by atoms with Crippen molar-refractivity contribution in [1.82, 2.24) is 4.98 Å². The molecule has 0 radical (unpaired) electrons. The molecule has 2 aromatic rings. The largest absolute Gasteiger partial charge is 0.376 e. The van der Waals surface area contributed by atoms with Crippen molar-refractivity contribution in [1.29, 1.82) is 5.26 Å². The Morgan fingerprint density at radius 2 is 2.06 bits per heavy atom. The Labute approximate surface area is 99.1 Å². The van der Waals surface area contributed by atoms with Crippen LogP contribution in [-0.4, -0.2) is 19.1 Å². The van der Waals surface area contributed by atoms with Crippen molar-refractivity contribution in [2.45, 2.75) is 6.92 Å². The number of benzene rings is 1. The number of aromatic nitrogens is 1. The van der Waals surface area contributed by atoms with Crippen LogP contribution in [0.4, 0.5) is 10.1 Å². The second kappa shape index (κ2) is 4.02. The molecule has 0 atom stereocenters. The molecule has 86 valence electrons. The highest BCUT2D eigenvalue weighted by atomic mass is 19.1. The number of hydrogen-bond donors (Lipinski definition) is 0. The second-order valence-corrected chi connectivity index (χ2v) is 4.15. The van der Waals surface area contributed by atoms with E-state index in [1.165, 1.54) is 18.3 Å².